The Bertz CT molecular complexity index is 6610. The second-order valence-corrected chi connectivity index (χ2v) is 30.8. The molecular weight excluding hydrogens is 1750 g/mol. The van der Waals surface area contributed by atoms with E-state index >= 15 is 0 Å². The van der Waals surface area contributed by atoms with Crippen molar-refractivity contribution in [3.63, 3.8) is 0 Å². The van der Waals surface area contributed by atoms with E-state index in [1.54, 1.807) is 123 Å². The molecule has 7 heterocycles. The van der Waals surface area contributed by atoms with E-state index in [1.807, 2.05) is 168 Å². The number of nitrogens with one attached hydrogen (secondary N) is 3. The van der Waals surface area contributed by atoms with Crippen molar-refractivity contribution < 1.29 is 52.6 Å². The first-order valence-corrected chi connectivity index (χ1v) is 42.1. The Morgan fingerprint density at radius 2 is 0.805 bits per heavy atom. The number of hydrogen-bond donors (Lipinski definition) is 7. The Balaban J connectivity index is 0.000000132. The Morgan fingerprint density at radius 1 is 0.447 bits per heavy atom. The molecule has 0 spiro atoms. The van der Waals surface area contributed by atoms with Gasteiger partial charge in [0.05, 0.1) is 114 Å². The van der Waals surface area contributed by atoms with Gasteiger partial charge in [-0.1, -0.05) is 140 Å². The molecule has 0 saturated carbocycles. The fourth-order valence-electron chi connectivity index (χ4n) is 11.3. The zero-order chi connectivity index (χ0) is 86.2. The molecule has 3 amide bonds. The molecule has 19 rings (SSSR count). The number of amides is 3. The molecule has 0 radical (unpaired) electrons. The molecule has 0 saturated heterocycles. The highest BCUT2D eigenvalue weighted by Gasteiger charge is 2.16. The monoisotopic (exact) mass is 1810 g/mol. The molecule has 0 aliphatic carbocycles. The number of nitro groups is 2. The third-order valence-electron chi connectivity index (χ3n) is 17.1. The number of carbonyl (C=O) groups is 3. The number of nitrogens with zero attached hydrogens (tertiary/aromatic N) is 9. The molecule has 0 atom stereocenters. The average molecular weight is 1820 g/mol. The van der Waals surface area contributed by atoms with E-state index in [0.29, 0.717) is 35.2 Å². The van der Waals surface area contributed by atoms with Crippen LogP contribution in [0.3, 0.4) is 0 Å². The first-order valence-electron chi connectivity index (χ1n) is 36.5. The number of para-hydroxylation sites is 7. The van der Waals surface area contributed by atoms with Crippen molar-refractivity contribution in [1.29, 1.82) is 0 Å². The van der Waals surface area contributed by atoms with Crippen LogP contribution in [0.15, 0.2) is 339 Å². The summed E-state index contributed by atoms with van der Waals surface area (Å²) in [6.07, 6.45) is 5.34. The Hall–Kier alpha value is -14.2. The molecule has 0 aliphatic rings. The summed E-state index contributed by atoms with van der Waals surface area (Å²) in [5.74, 6) is 2.29. The molecule has 614 valence electrons. The molecule has 0 aliphatic heterocycles. The van der Waals surface area contributed by atoms with Gasteiger partial charge in [-0.05, 0) is 153 Å². The lowest BCUT2D eigenvalue weighted by molar-refractivity contribution is -0.385. The Labute approximate surface area is 734 Å². The minimum Gasteiger partial charge on any atom is -0.447 e. The lowest BCUT2D eigenvalue weighted by Gasteiger charge is -2.08. The van der Waals surface area contributed by atoms with Crippen LogP contribution in [-0.2, 0) is 13.1 Å². The maximum Gasteiger partial charge on any atom is 0.488 e. The third-order valence-corrected chi connectivity index (χ3v) is 21.8. The first-order chi connectivity index (χ1) is 59.9. The number of oxazole rings is 2. The van der Waals surface area contributed by atoms with Crippen molar-refractivity contribution >= 4 is 194 Å². The number of aromatic nitrogens is 7. The van der Waals surface area contributed by atoms with Gasteiger partial charge in [0.25, 0.3) is 11.4 Å². The second kappa shape index (κ2) is 44.8. The number of anilines is 3. The highest BCUT2D eigenvalue weighted by molar-refractivity contribution is 9.10. The predicted octanol–water partition coefficient (Wildman–Crippen LogP) is 22.2. The number of carbonyl (C=O) groups excluding carboxylic acids is 3. The lowest BCUT2D eigenvalue weighted by Crippen LogP contribution is -2.29. The van der Waals surface area contributed by atoms with Crippen LogP contribution in [-0.4, -0.2) is 79.5 Å². The summed E-state index contributed by atoms with van der Waals surface area (Å²) in [4.78, 5) is 83.1. The number of rotatable bonds is 14. The van der Waals surface area contributed by atoms with Crippen molar-refractivity contribution in [3.05, 3.63) is 362 Å². The molecule has 7 aromatic heterocycles. The molecule has 27 nitrogen and oxygen atoms in total. The molecule has 19 aromatic rings. The molecular formula is C88H67BBrClN14O13S5. The number of fused-ring (bicyclic) bond motifs is 5. The Morgan fingerprint density at radius 3 is 1.17 bits per heavy atom. The van der Waals surface area contributed by atoms with Gasteiger partial charge in [0.2, 0.25) is 0 Å². The van der Waals surface area contributed by atoms with Gasteiger partial charge >= 0.3 is 24.7 Å². The topological polar surface area (TPSA) is 401 Å². The summed E-state index contributed by atoms with van der Waals surface area (Å²) in [5.41, 5.74) is 35.3. The molecule has 0 bridgehead atoms. The maximum absolute atomic E-state index is 11.9. The highest BCUT2D eigenvalue weighted by Crippen LogP contribution is 2.35. The quantitative estimate of drug-likeness (QED) is 0.0175. The number of urea groups is 1. The van der Waals surface area contributed by atoms with Crippen molar-refractivity contribution in [1.82, 2.24) is 40.2 Å². The zero-order valence-corrected chi connectivity index (χ0v) is 70.5. The Kier molecular flexibility index (Phi) is 32.1. The second-order valence-electron chi connectivity index (χ2n) is 25.2. The number of halogens is 2. The van der Waals surface area contributed by atoms with Crippen LogP contribution in [0.2, 0.25) is 0 Å². The fourth-order valence-corrected chi connectivity index (χ4v) is 15.5. The number of nitro benzene ring substituents is 2. The zero-order valence-electron chi connectivity index (χ0n) is 64.0. The SMILES string of the molecule is Brc1cccc2scnc12.NCc1cnco1.Nc1ccc(-c2cccc3scnc23)cc1.O=C(Cl)Oc1ccccc1.O=C(NCc1cnco1)Nc1ccc(-c2cccc3scnc23)cc1.O=C(Nc1ccc(-c2cccc3scnc23)cc1)Oc1ccccc1.O=[N+]([O-])c1ccc(-c2cccc3scnc23)cc1.O=[N+]([O-])c1ccc(B(O)O)cc1. The van der Waals surface area contributed by atoms with E-state index < -0.39 is 28.5 Å². The molecule has 9 N–H and O–H groups in total. The average Bonchev–Trinajstić information content (AvgIpc) is 1.73. The largest absolute Gasteiger partial charge is 0.488 e. The van der Waals surface area contributed by atoms with Crippen LogP contribution in [0.4, 0.5) is 42.8 Å². The summed E-state index contributed by atoms with van der Waals surface area (Å²) in [6, 6.07) is 82.7. The van der Waals surface area contributed by atoms with Gasteiger partial charge in [-0.2, -0.15) is 0 Å². The number of thiazole rings is 5. The van der Waals surface area contributed by atoms with Crippen LogP contribution in [0, 0.1) is 20.2 Å². The lowest BCUT2D eigenvalue weighted by atomic mass is 9.80. The number of ether oxygens (including phenoxy) is 2. The van der Waals surface area contributed by atoms with Crippen molar-refractivity contribution in [2.75, 3.05) is 16.4 Å². The minimum absolute atomic E-state index is 0.0700. The van der Waals surface area contributed by atoms with Gasteiger partial charge in [0, 0.05) is 79.7 Å². The molecule has 35 heteroatoms. The number of non-ortho nitro benzene ring substituents is 2. The van der Waals surface area contributed by atoms with Gasteiger partial charge in [0.1, 0.15) is 23.0 Å². The highest BCUT2D eigenvalue weighted by atomic mass is 79.9. The number of nitrogens with two attached hydrogens (primary N) is 2. The summed E-state index contributed by atoms with van der Waals surface area (Å²) < 4.78 is 26.5. The van der Waals surface area contributed by atoms with E-state index in [-0.39, 0.29) is 29.4 Å². The van der Waals surface area contributed by atoms with Gasteiger partial charge in [0.15, 0.2) is 12.8 Å². The van der Waals surface area contributed by atoms with E-state index in [9.17, 15) is 34.6 Å². The van der Waals surface area contributed by atoms with Gasteiger partial charge in [-0.15, -0.1) is 56.7 Å². The summed E-state index contributed by atoms with van der Waals surface area (Å²) >= 11 is 16.5. The van der Waals surface area contributed by atoms with Crippen LogP contribution in [0.1, 0.15) is 11.5 Å². The van der Waals surface area contributed by atoms with Crippen molar-refractivity contribution in [3.8, 4) is 56.0 Å². The van der Waals surface area contributed by atoms with Gasteiger partial charge in [-0.3, -0.25) is 25.5 Å². The molecule has 12 aromatic carbocycles. The van der Waals surface area contributed by atoms with E-state index in [4.69, 9.17) is 46.7 Å². The maximum atomic E-state index is 11.9. The molecule has 0 fully saturated rings. The third kappa shape index (κ3) is 25.7. The predicted molar refractivity (Wildman–Crippen MR) is 493 cm³/mol. The van der Waals surface area contributed by atoms with Gasteiger partial charge in [-0.25, -0.2) is 49.3 Å². The van der Waals surface area contributed by atoms with E-state index in [2.05, 4.69) is 114 Å². The first kappa shape index (κ1) is 88.1. The number of hydrogen-bond acceptors (Lipinski definition) is 27. The van der Waals surface area contributed by atoms with E-state index in [0.717, 1.165) is 96.5 Å². The van der Waals surface area contributed by atoms with Crippen molar-refractivity contribution in [2.45, 2.75) is 13.1 Å². The summed E-state index contributed by atoms with van der Waals surface area (Å²) in [6.45, 7) is 0.718. The summed E-state index contributed by atoms with van der Waals surface area (Å²) in [5, 5.41) is 46.3. The van der Waals surface area contributed by atoms with E-state index in [1.165, 1.54) is 64.1 Å². The minimum atomic E-state index is -1.58. The number of benzene rings is 12. The van der Waals surface area contributed by atoms with Crippen LogP contribution >= 0.6 is 84.2 Å². The fraction of sp³-hybridized carbons (Fsp3) is 0.0227. The molecule has 0 unspecified atom stereocenters. The van der Waals surface area contributed by atoms with Crippen LogP contribution in [0.5, 0.6) is 11.5 Å². The number of nitrogen functional groups attached to an aromatic ring is 1. The normalized spacial score (nSPS) is 10.3. The smallest absolute Gasteiger partial charge is 0.447 e. The van der Waals surface area contributed by atoms with Crippen LogP contribution < -0.4 is 42.4 Å². The van der Waals surface area contributed by atoms with Crippen molar-refractivity contribution in [2.24, 2.45) is 5.73 Å². The summed E-state index contributed by atoms with van der Waals surface area (Å²) in [7, 11) is -1.58. The molecule has 123 heavy (non-hydrogen) atoms. The standard InChI is InChI=1S/C20H14N2O2S.C18H14N4O2S.C13H8N2O2S.C13H10N2S.C7H4BrNS.C7H5ClO2.C6H6BNO4.C4H6N2O/c23-20(24-16-5-2-1-3-6-16)22-15-11-9-14(10-12-15)17-7-4-8-18-19(17)21-13-25-18;23-18(20-9-14-8-19-10-24-14)22-13-6-4-12(5-7-13)15-2-1-3-16-17(15)21-11-25-16;16-15(17)10-6-4-9(5-7-10)11-2-1-3-12-13(11)14-8-18-12;14-10-6-4-9(5-7-10)11-2-1-3-12-13(11)15-8-16-12;8-5-2-1-3-6-7(5)9-4-10-6;8-7(9)10-6-4-2-1-3-5-6;9-7(10)5-1-3-6(4-2-5)8(11)12;5-1-4-2-6-3-7-4/h1-13H,(H,22,23);1-8,10-11H,9H2,(H2,20,22,23);1-8H;1-8H,14H2;1-4H;1-5H;1-4,9-10H;2-3H,1,5H2. The van der Waals surface area contributed by atoms with Crippen LogP contribution in [0.25, 0.3) is 95.6 Å². The van der Waals surface area contributed by atoms with Gasteiger partial charge < -0.3 is 50.5 Å².